The fourth-order valence-corrected chi connectivity index (χ4v) is 2.79. The number of carbonyl (C=O) groups is 1. The summed E-state index contributed by atoms with van der Waals surface area (Å²) in [7, 11) is 0. The van der Waals surface area contributed by atoms with Crippen LogP contribution < -0.4 is 9.80 Å². The number of carbonyl (C=O) groups excluding carboxylic acids is 1. The molecular formula is C16H16ClFN4O. The van der Waals surface area contributed by atoms with E-state index in [-0.39, 0.29) is 11.6 Å². The summed E-state index contributed by atoms with van der Waals surface area (Å²) in [6, 6.07) is 4.63. The highest BCUT2D eigenvalue weighted by atomic mass is 35.5. The lowest BCUT2D eigenvalue weighted by molar-refractivity contribution is 0.101. The number of benzene rings is 1. The van der Waals surface area contributed by atoms with Crippen molar-refractivity contribution in [1.29, 1.82) is 0 Å². The molecule has 0 unspecified atom stereocenters. The van der Waals surface area contributed by atoms with Gasteiger partial charge in [-0.05, 0) is 25.1 Å². The zero-order valence-electron chi connectivity index (χ0n) is 12.7. The van der Waals surface area contributed by atoms with E-state index in [2.05, 4.69) is 14.9 Å². The third-order valence-electron chi connectivity index (χ3n) is 3.89. The molecule has 120 valence electrons. The molecule has 1 fully saturated rings. The molecule has 0 spiro atoms. The summed E-state index contributed by atoms with van der Waals surface area (Å²) in [6.07, 6.45) is 3.16. The van der Waals surface area contributed by atoms with E-state index in [1.165, 1.54) is 19.2 Å². The monoisotopic (exact) mass is 334 g/mol. The summed E-state index contributed by atoms with van der Waals surface area (Å²) in [5.41, 5.74) is 0.908. The van der Waals surface area contributed by atoms with Gasteiger partial charge >= 0.3 is 0 Å². The van der Waals surface area contributed by atoms with Crippen LogP contribution in [0.4, 0.5) is 15.9 Å². The SMILES string of the molecule is CC(=O)c1ccc(N2CCN(c3cncc(Cl)n3)CC2)c(F)c1. The number of hydrogen-bond donors (Lipinski definition) is 0. The highest BCUT2D eigenvalue weighted by molar-refractivity contribution is 6.29. The van der Waals surface area contributed by atoms with Crippen LogP contribution in [0.5, 0.6) is 0 Å². The van der Waals surface area contributed by atoms with Crippen molar-refractivity contribution in [3.05, 3.63) is 47.1 Å². The molecule has 1 aliphatic rings. The minimum absolute atomic E-state index is 0.139. The zero-order chi connectivity index (χ0) is 16.4. The fraction of sp³-hybridized carbons (Fsp3) is 0.312. The number of rotatable bonds is 3. The molecule has 1 saturated heterocycles. The number of hydrogen-bond acceptors (Lipinski definition) is 5. The fourth-order valence-electron chi connectivity index (χ4n) is 2.64. The lowest BCUT2D eigenvalue weighted by Crippen LogP contribution is -2.47. The first-order valence-electron chi connectivity index (χ1n) is 7.32. The largest absolute Gasteiger partial charge is 0.366 e. The van der Waals surface area contributed by atoms with E-state index >= 15 is 0 Å². The first-order chi connectivity index (χ1) is 11.0. The van der Waals surface area contributed by atoms with Gasteiger partial charge in [0.05, 0.1) is 18.1 Å². The van der Waals surface area contributed by atoms with Gasteiger partial charge in [-0.15, -0.1) is 0 Å². The van der Waals surface area contributed by atoms with Gasteiger partial charge in [0.15, 0.2) is 5.78 Å². The molecule has 0 bridgehead atoms. The topological polar surface area (TPSA) is 49.3 Å². The van der Waals surface area contributed by atoms with E-state index < -0.39 is 0 Å². The Morgan fingerprint density at radius 1 is 1.17 bits per heavy atom. The predicted octanol–water partition coefficient (Wildman–Crippen LogP) is 2.80. The number of piperazine rings is 1. The zero-order valence-corrected chi connectivity index (χ0v) is 13.4. The van der Waals surface area contributed by atoms with E-state index in [1.807, 2.05) is 4.90 Å². The van der Waals surface area contributed by atoms with Crippen LogP contribution >= 0.6 is 11.6 Å². The molecule has 0 radical (unpaired) electrons. The molecule has 5 nitrogen and oxygen atoms in total. The van der Waals surface area contributed by atoms with Crippen molar-refractivity contribution < 1.29 is 9.18 Å². The molecule has 1 aromatic carbocycles. The van der Waals surface area contributed by atoms with Gasteiger partial charge < -0.3 is 9.80 Å². The highest BCUT2D eigenvalue weighted by Crippen LogP contribution is 2.23. The molecule has 2 heterocycles. The Hall–Kier alpha value is -2.21. The molecular weight excluding hydrogens is 319 g/mol. The molecule has 0 N–H and O–H groups in total. The molecule has 3 rings (SSSR count). The van der Waals surface area contributed by atoms with E-state index in [1.54, 1.807) is 18.3 Å². The van der Waals surface area contributed by atoms with Crippen LogP contribution in [0.2, 0.25) is 5.15 Å². The quantitative estimate of drug-likeness (QED) is 0.808. The maximum absolute atomic E-state index is 14.2. The smallest absolute Gasteiger partial charge is 0.159 e. The number of nitrogens with zero attached hydrogens (tertiary/aromatic N) is 4. The lowest BCUT2D eigenvalue weighted by Gasteiger charge is -2.36. The van der Waals surface area contributed by atoms with Crippen molar-refractivity contribution in [1.82, 2.24) is 9.97 Å². The van der Waals surface area contributed by atoms with Crippen LogP contribution in [0.1, 0.15) is 17.3 Å². The van der Waals surface area contributed by atoms with E-state index in [4.69, 9.17) is 11.6 Å². The van der Waals surface area contributed by atoms with E-state index in [9.17, 15) is 9.18 Å². The van der Waals surface area contributed by atoms with Gasteiger partial charge in [-0.25, -0.2) is 9.37 Å². The maximum atomic E-state index is 14.2. The van der Waals surface area contributed by atoms with Crippen LogP contribution in [0, 0.1) is 5.82 Å². The Morgan fingerprint density at radius 3 is 2.48 bits per heavy atom. The average Bonchev–Trinajstić information content (AvgIpc) is 2.55. The van der Waals surface area contributed by atoms with Crippen LogP contribution in [0.15, 0.2) is 30.6 Å². The van der Waals surface area contributed by atoms with Crippen LogP contribution in [0.25, 0.3) is 0 Å². The second-order valence-electron chi connectivity index (χ2n) is 5.40. The van der Waals surface area contributed by atoms with Gasteiger partial charge in [-0.2, -0.15) is 0 Å². The summed E-state index contributed by atoms with van der Waals surface area (Å²) < 4.78 is 14.2. The molecule has 1 aromatic heterocycles. The van der Waals surface area contributed by atoms with Crippen molar-refractivity contribution >= 4 is 28.9 Å². The van der Waals surface area contributed by atoms with Crippen LogP contribution in [0.3, 0.4) is 0 Å². The summed E-state index contributed by atoms with van der Waals surface area (Å²) in [4.78, 5) is 23.6. The minimum Gasteiger partial charge on any atom is -0.366 e. The van der Waals surface area contributed by atoms with Gasteiger partial charge in [-0.1, -0.05) is 11.6 Å². The Balaban J connectivity index is 1.70. The molecule has 2 aromatic rings. The number of anilines is 2. The van der Waals surface area contributed by atoms with Gasteiger partial charge in [-0.3, -0.25) is 9.78 Å². The summed E-state index contributed by atoms with van der Waals surface area (Å²) in [5.74, 6) is 0.220. The van der Waals surface area contributed by atoms with Crippen molar-refractivity contribution in [2.75, 3.05) is 36.0 Å². The molecule has 7 heteroatoms. The van der Waals surface area contributed by atoms with E-state index in [0.717, 1.165) is 5.82 Å². The maximum Gasteiger partial charge on any atom is 0.159 e. The van der Waals surface area contributed by atoms with Crippen molar-refractivity contribution in [2.45, 2.75) is 6.92 Å². The normalized spacial score (nSPS) is 14.9. The Labute approximate surface area is 138 Å². The third-order valence-corrected chi connectivity index (χ3v) is 4.07. The number of ketones is 1. The predicted molar refractivity (Wildman–Crippen MR) is 87.9 cm³/mol. The average molecular weight is 335 g/mol. The summed E-state index contributed by atoms with van der Waals surface area (Å²) >= 11 is 5.86. The molecule has 1 aliphatic heterocycles. The van der Waals surface area contributed by atoms with Gasteiger partial charge in [0, 0.05) is 31.7 Å². The third kappa shape index (κ3) is 3.42. The molecule has 0 aliphatic carbocycles. The lowest BCUT2D eigenvalue weighted by atomic mass is 10.1. The number of aromatic nitrogens is 2. The highest BCUT2D eigenvalue weighted by Gasteiger charge is 2.21. The summed E-state index contributed by atoms with van der Waals surface area (Å²) in [6.45, 7) is 4.14. The number of halogens is 2. The Bertz CT molecular complexity index is 732. The molecule has 0 atom stereocenters. The summed E-state index contributed by atoms with van der Waals surface area (Å²) in [5, 5.41) is 0.357. The molecule has 0 amide bonds. The van der Waals surface area contributed by atoms with Gasteiger partial charge in [0.1, 0.15) is 16.8 Å². The molecule has 23 heavy (non-hydrogen) atoms. The minimum atomic E-state index is -0.367. The van der Waals surface area contributed by atoms with Gasteiger partial charge in [0.2, 0.25) is 0 Å². The molecule has 0 saturated carbocycles. The second kappa shape index (κ2) is 6.50. The first kappa shape index (κ1) is 15.7. The van der Waals surface area contributed by atoms with Crippen molar-refractivity contribution in [3.63, 3.8) is 0 Å². The van der Waals surface area contributed by atoms with Crippen molar-refractivity contribution in [3.8, 4) is 0 Å². The van der Waals surface area contributed by atoms with Crippen LogP contribution in [-0.4, -0.2) is 41.9 Å². The van der Waals surface area contributed by atoms with Crippen LogP contribution in [-0.2, 0) is 0 Å². The van der Waals surface area contributed by atoms with E-state index in [0.29, 0.717) is 42.6 Å². The number of Topliss-reactive ketones (excluding diaryl/α,β-unsaturated/α-hetero) is 1. The standard InChI is InChI=1S/C16H16ClFN4O/c1-11(23)12-2-3-14(13(18)8-12)21-4-6-22(7-5-21)16-10-19-9-15(17)20-16/h2-3,8-10H,4-7H2,1H3. The second-order valence-corrected chi connectivity index (χ2v) is 5.78. The Kier molecular flexibility index (Phi) is 4.43. The van der Waals surface area contributed by atoms with Crippen molar-refractivity contribution in [2.24, 2.45) is 0 Å². The Morgan fingerprint density at radius 2 is 1.87 bits per heavy atom. The van der Waals surface area contributed by atoms with Gasteiger partial charge in [0.25, 0.3) is 0 Å². The first-order valence-corrected chi connectivity index (χ1v) is 7.70.